The summed E-state index contributed by atoms with van der Waals surface area (Å²) < 4.78 is 33.5. The van der Waals surface area contributed by atoms with Crippen molar-refractivity contribution in [2.75, 3.05) is 33.0 Å². The van der Waals surface area contributed by atoms with Crippen molar-refractivity contribution in [2.24, 2.45) is 0 Å². The van der Waals surface area contributed by atoms with E-state index in [0.717, 1.165) is 23.3 Å². The molecule has 0 N–H and O–H groups in total. The van der Waals surface area contributed by atoms with Crippen molar-refractivity contribution >= 4 is 34.9 Å². The number of carbonyl (C=O) groups is 2. The van der Waals surface area contributed by atoms with Gasteiger partial charge in [-0.15, -0.1) is 0 Å². The zero-order chi connectivity index (χ0) is 33.9. The highest BCUT2D eigenvalue weighted by molar-refractivity contribution is 14.1. The second kappa shape index (κ2) is 16.6. The Labute approximate surface area is 295 Å². The molecule has 0 aliphatic heterocycles. The van der Waals surface area contributed by atoms with E-state index in [4.69, 9.17) is 26.8 Å². The molecule has 9 heteroatoms. The number of esters is 2. The summed E-state index contributed by atoms with van der Waals surface area (Å²) in [7, 11) is 0. The quantitative estimate of drug-likeness (QED) is 0.0551. The van der Waals surface area contributed by atoms with Crippen molar-refractivity contribution in [2.45, 2.75) is 24.5 Å². The number of fused-ring (bicyclic) bond motifs is 3. The van der Waals surface area contributed by atoms with Crippen LogP contribution in [0, 0.1) is 0 Å². The molecule has 2 unspecified atom stereocenters. The molecular weight excluding hydrogens is 723 g/mol. The van der Waals surface area contributed by atoms with Crippen molar-refractivity contribution in [1.29, 1.82) is 0 Å². The van der Waals surface area contributed by atoms with Crippen LogP contribution < -0.4 is 9.47 Å². The van der Waals surface area contributed by atoms with Crippen molar-refractivity contribution in [3.8, 4) is 22.6 Å². The third-order valence-electron chi connectivity index (χ3n) is 8.08. The van der Waals surface area contributed by atoms with Crippen LogP contribution >= 0.6 is 23.0 Å². The van der Waals surface area contributed by atoms with Gasteiger partial charge in [-0.25, -0.2) is 9.59 Å². The van der Waals surface area contributed by atoms with Crippen LogP contribution in [-0.2, 0) is 32.3 Å². The van der Waals surface area contributed by atoms with E-state index in [1.165, 1.54) is 22.3 Å². The van der Waals surface area contributed by atoms with Crippen molar-refractivity contribution in [3.05, 3.63) is 145 Å². The van der Waals surface area contributed by atoms with Gasteiger partial charge < -0.3 is 26.8 Å². The molecule has 4 aromatic rings. The highest BCUT2D eigenvalue weighted by Gasteiger charge is 2.45. The van der Waals surface area contributed by atoms with Crippen LogP contribution in [0.1, 0.15) is 29.2 Å². The number of hydrogen-bond acceptors (Lipinski definition) is 8. The van der Waals surface area contributed by atoms with Crippen LogP contribution in [0.15, 0.2) is 122 Å². The second-order valence-corrected chi connectivity index (χ2v) is 11.5. The molecule has 0 saturated carbocycles. The first-order chi connectivity index (χ1) is 23.4. The van der Waals surface area contributed by atoms with E-state index in [-0.39, 0.29) is 26.4 Å². The minimum absolute atomic E-state index is 0.0529. The Morgan fingerprint density at radius 2 is 1.10 bits per heavy atom. The zero-order valence-electron chi connectivity index (χ0n) is 26.6. The predicted molar refractivity (Wildman–Crippen MR) is 191 cm³/mol. The normalized spacial score (nSPS) is 13.7. The van der Waals surface area contributed by atoms with Crippen LogP contribution in [0.25, 0.3) is 11.1 Å². The lowest BCUT2D eigenvalue weighted by Crippen LogP contribution is -2.29. The van der Waals surface area contributed by atoms with E-state index in [0.29, 0.717) is 18.1 Å². The Balaban J connectivity index is 1.44. The lowest BCUT2D eigenvalue weighted by molar-refractivity contribution is -0.142. The molecule has 0 fully saturated rings. The van der Waals surface area contributed by atoms with Gasteiger partial charge in [-0.3, -0.25) is 0 Å². The van der Waals surface area contributed by atoms with E-state index >= 15 is 0 Å². The fourth-order valence-electron chi connectivity index (χ4n) is 5.95. The smallest absolute Gasteiger partial charge is 0.330 e. The third-order valence-corrected chi connectivity index (χ3v) is 8.80. The predicted octanol–water partition coefficient (Wildman–Crippen LogP) is 7.41. The van der Waals surface area contributed by atoms with Crippen LogP contribution in [0.3, 0.4) is 0 Å². The molecule has 0 amide bonds. The highest BCUT2D eigenvalue weighted by atomic mass is 127. The van der Waals surface area contributed by atoms with Crippen LogP contribution in [0.5, 0.6) is 11.5 Å². The monoisotopic (exact) mass is 760 g/mol. The molecule has 2 atom stereocenters. The summed E-state index contributed by atoms with van der Waals surface area (Å²) in [5, 5.41) is 0. The maximum absolute atomic E-state index is 11.6. The third kappa shape index (κ3) is 7.64. The minimum Gasteiger partial charge on any atom is -0.491 e. The molecule has 0 heterocycles. The number of rotatable bonds is 17. The molecule has 248 valence electrons. The van der Waals surface area contributed by atoms with Gasteiger partial charge in [0.15, 0.2) is 0 Å². The van der Waals surface area contributed by atoms with Gasteiger partial charge in [0, 0.05) is 18.8 Å². The van der Waals surface area contributed by atoms with Crippen LogP contribution in [0.4, 0.5) is 0 Å². The van der Waals surface area contributed by atoms with Gasteiger partial charge in [0.1, 0.15) is 73.1 Å². The van der Waals surface area contributed by atoms with Crippen LogP contribution in [0.2, 0.25) is 0 Å². The molecule has 5 rings (SSSR count). The molecule has 0 aromatic heterocycles. The molecule has 8 nitrogen and oxygen atoms in total. The first-order valence-electron chi connectivity index (χ1n) is 15.6. The summed E-state index contributed by atoms with van der Waals surface area (Å²) in [6, 6.07) is 33.2. The summed E-state index contributed by atoms with van der Waals surface area (Å²) in [6.07, 6.45) is 1.38. The number of hydrogen-bond donors (Lipinski definition) is 0. The molecule has 1 aliphatic rings. The van der Waals surface area contributed by atoms with Gasteiger partial charge in [-0.05, 0) is 64.6 Å². The zero-order valence-corrected chi connectivity index (χ0v) is 28.8. The first-order valence-corrected chi connectivity index (χ1v) is 16.5. The van der Waals surface area contributed by atoms with Gasteiger partial charge in [-0.1, -0.05) is 86.0 Å². The van der Waals surface area contributed by atoms with Crippen LogP contribution in [-0.4, -0.2) is 57.2 Å². The summed E-state index contributed by atoms with van der Waals surface area (Å²) >= 11 is 1.78. The number of benzene rings is 4. The van der Waals surface area contributed by atoms with E-state index in [1.807, 2.05) is 31.2 Å². The number of carbonyl (C=O) groups excluding carboxylic acids is 2. The fourth-order valence-corrected chi connectivity index (χ4v) is 6.25. The van der Waals surface area contributed by atoms with Gasteiger partial charge in [-0.2, -0.15) is 0 Å². The van der Waals surface area contributed by atoms with E-state index in [2.05, 4.69) is 86.0 Å². The molecule has 1 aliphatic carbocycles. The Bertz CT molecular complexity index is 1670. The maximum atomic E-state index is 11.6. The maximum Gasteiger partial charge on any atom is 0.330 e. The van der Waals surface area contributed by atoms with Crippen molar-refractivity contribution in [1.82, 2.24) is 0 Å². The topological polar surface area (TPSA) is 89.5 Å². The van der Waals surface area contributed by atoms with E-state index in [9.17, 15) is 9.59 Å². The summed E-state index contributed by atoms with van der Waals surface area (Å²) in [5.74, 6) is 0.314. The summed E-state index contributed by atoms with van der Waals surface area (Å²) in [6.45, 7) is 9.74. The number of ether oxygens (including phenoxy) is 5. The Morgan fingerprint density at radius 3 is 1.54 bits per heavy atom. The summed E-state index contributed by atoms with van der Waals surface area (Å²) in [5.41, 5.74) is 6.25. The highest BCUT2D eigenvalue weighted by Crippen LogP contribution is 2.56. The molecule has 0 bridgehead atoms. The van der Waals surface area contributed by atoms with Gasteiger partial charge in [0.25, 0.3) is 0 Å². The average molecular weight is 761 g/mol. The van der Waals surface area contributed by atoms with Gasteiger partial charge >= 0.3 is 11.9 Å². The SMILES string of the molecule is C=CC(=O)OCC(COc1ccc(C2(c3ccc(OCC(COC(=O)C=C)OCC)cc3)c3ccccc3-c3ccccc32)cc1)OI. The lowest BCUT2D eigenvalue weighted by atomic mass is 9.68. The molecule has 48 heavy (non-hydrogen) atoms. The summed E-state index contributed by atoms with van der Waals surface area (Å²) in [4.78, 5) is 23.0. The standard InChI is InChI=1S/C39H37IO8/c1-4-37(41)46-24-31(43-6-3)23-44-29-19-15-27(16-20-29)39(35-13-9-7-11-33(35)34-12-8-10-14-36(34)39)28-17-21-30(22-18-28)45-25-32(48-40)26-47-38(42)5-2/h4-5,7-22,31-32H,1-2,6,23-26H2,3H3. The number of halogens is 1. The van der Waals surface area contributed by atoms with Gasteiger partial charge in [0.05, 0.1) is 5.41 Å². The largest absolute Gasteiger partial charge is 0.491 e. The average Bonchev–Trinajstić information content (AvgIpc) is 3.44. The van der Waals surface area contributed by atoms with Crippen molar-refractivity contribution < 1.29 is 36.3 Å². The minimum atomic E-state index is -0.607. The molecular formula is C39H37IO8. The van der Waals surface area contributed by atoms with E-state index in [1.54, 1.807) is 23.0 Å². The second-order valence-electron chi connectivity index (χ2n) is 11.0. The molecule has 4 aromatic carbocycles. The Kier molecular flexibility index (Phi) is 12.1. The van der Waals surface area contributed by atoms with E-state index < -0.39 is 29.6 Å². The first kappa shape index (κ1) is 34.9. The Morgan fingerprint density at radius 1 is 0.667 bits per heavy atom. The Hall–Kier alpha value is -4.45. The van der Waals surface area contributed by atoms with Gasteiger partial charge in [0.2, 0.25) is 0 Å². The molecule has 0 radical (unpaired) electrons. The van der Waals surface area contributed by atoms with Crippen molar-refractivity contribution in [3.63, 3.8) is 0 Å². The molecule has 0 saturated heterocycles. The lowest BCUT2D eigenvalue weighted by Gasteiger charge is -2.34. The molecule has 0 spiro atoms. The fraction of sp³-hybridized carbons (Fsp3) is 0.231.